The fraction of sp³-hybridized carbons (Fsp3) is 0.429. The molecular formula is C21H27N3O3. The van der Waals surface area contributed by atoms with E-state index in [1.165, 1.54) is 5.56 Å². The molecule has 1 aromatic carbocycles. The van der Waals surface area contributed by atoms with Gasteiger partial charge in [0.2, 0.25) is 0 Å². The van der Waals surface area contributed by atoms with Crippen molar-refractivity contribution in [1.29, 1.82) is 0 Å². The van der Waals surface area contributed by atoms with Crippen molar-refractivity contribution >= 4 is 5.91 Å². The Bertz CT molecular complexity index is 767. The van der Waals surface area contributed by atoms with Gasteiger partial charge in [-0.1, -0.05) is 18.2 Å². The lowest BCUT2D eigenvalue weighted by atomic mass is 10.0. The summed E-state index contributed by atoms with van der Waals surface area (Å²) in [5, 5.41) is 9.50. The molecule has 6 heteroatoms. The highest BCUT2D eigenvalue weighted by molar-refractivity contribution is 5.92. The molecule has 1 aliphatic heterocycles. The van der Waals surface area contributed by atoms with Gasteiger partial charge in [0.25, 0.3) is 5.91 Å². The molecule has 3 rings (SSSR count). The molecule has 2 heterocycles. The first-order valence-corrected chi connectivity index (χ1v) is 9.31. The van der Waals surface area contributed by atoms with Crippen LogP contribution in [0.25, 0.3) is 0 Å². The number of aryl methyl sites for hydroxylation is 1. The number of aliphatic hydroxyl groups is 1. The summed E-state index contributed by atoms with van der Waals surface area (Å²) >= 11 is 0. The summed E-state index contributed by atoms with van der Waals surface area (Å²) in [5.74, 6) is 0.843. The number of pyridine rings is 1. The third-order valence-corrected chi connectivity index (χ3v) is 5.08. The summed E-state index contributed by atoms with van der Waals surface area (Å²) in [5.41, 5.74) is 2.79. The summed E-state index contributed by atoms with van der Waals surface area (Å²) in [6.45, 7) is 4.97. The van der Waals surface area contributed by atoms with Crippen molar-refractivity contribution < 1.29 is 14.6 Å². The minimum absolute atomic E-state index is 0.0431. The predicted molar refractivity (Wildman–Crippen MR) is 104 cm³/mol. The topological polar surface area (TPSA) is 65.9 Å². The molecule has 1 fully saturated rings. The molecule has 2 aromatic rings. The molecule has 0 radical (unpaired) electrons. The van der Waals surface area contributed by atoms with Gasteiger partial charge in [-0.2, -0.15) is 0 Å². The van der Waals surface area contributed by atoms with Crippen LogP contribution >= 0.6 is 0 Å². The van der Waals surface area contributed by atoms with Crippen molar-refractivity contribution in [2.75, 3.05) is 33.4 Å². The van der Waals surface area contributed by atoms with Crippen LogP contribution < -0.4 is 4.74 Å². The molecule has 27 heavy (non-hydrogen) atoms. The monoisotopic (exact) mass is 369 g/mol. The van der Waals surface area contributed by atoms with Crippen molar-refractivity contribution in [1.82, 2.24) is 14.8 Å². The number of nitrogens with zero attached hydrogens (tertiary/aromatic N) is 3. The highest BCUT2D eigenvalue weighted by Gasteiger charge is 2.30. The largest absolute Gasteiger partial charge is 0.496 e. The summed E-state index contributed by atoms with van der Waals surface area (Å²) in [4.78, 5) is 21.1. The van der Waals surface area contributed by atoms with Crippen LogP contribution in [0.5, 0.6) is 5.75 Å². The highest BCUT2D eigenvalue weighted by Crippen LogP contribution is 2.22. The minimum Gasteiger partial charge on any atom is -0.496 e. The number of rotatable bonds is 6. The van der Waals surface area contributed by atoms with Gasteiger partial charge in [0.05, 0.1) is 7.11 Å². The van der Waals surface area contributed by atoms with Gasteiger partial charge in [0.15, 0.2) is 0 Å². The van der Waals surface area contributed by atoms with E-state index in [9.17, 15) is 9.90 Å². The van der Waals surface area contributed by atoms with Crippen molar-refractivity contribution in [3.8, 4) is 5.75 Å². The van der Waals surface area contributed by atoms with E-state index in [1.807, 2.05) is 24.0 Å². The van der Waals surface area contributed by atoms with Gasteiger partial charge in [-0.25, -0.2) is 0 Å². The highest BCUT2D eigenvalue weighted by atomic mass is 16.5. The zero-order chi connectivity index (χ0) is 19.2. The molecule has 0 bridgehead atoms. The SMILES string of the molecule is COc1ccc(CN2CCN(C(=O)c3ccccn3)C[C@@H]2CCO)cc1C. The third kappa shape index (κ3) is 4.64. The van der Waals surface area contributed by atoms with Crippen LogP contribution in [0.4, 0.5) is 0 Å². The maximum atomic E-state index is 12.7. The van der Waals surface area contributed by atoms with E-state index >= 15 is 0 Å². The van der Waals surface area contributed by atoms with E-state index in [0.29, 0.717) is 25.2 Å². The lowest BCUT2D eigenvalue weighted by Crippen LogP contribution is -2.54. The number of ether oxygens (including phenoxy) is 1. The number of aliphatic hydroxyl groups excluding tert-OH is 1. The zero-order valence-corrected chi connectivity index (χ0v) is 16.0. The van der Waals surface area contributed by atoms with Crippen molar-refractivity contribution in [3.63, 3.8) is 0 Å². The Morgan fingerprint density at radius 3 is 2.81 bits per heavy atom. The molecule has 1 saturated heterocycles. The molecule has 0 unspecified atom stereocenters. The molecule has 6 nitrogen and oxygen atoms in total. The van der Waals surface area contributed by atoms with E-state index in [0.717, 1.165) is 24.4 Å². The van der Waals surface area contributed by atoms with Crippen molar-refractivity contribution in [2.24, 2.45) is 0 Å². The molecule has 1 N–H and O–H groups in total. The van der Waals surface area contributed by atoms with E-state index in [4.69, 9.17) is 4.74 Å². The van der Waals surface area contributed by atoms with Crippen LogP contribution in [0.3, 0.4) is 0 Å². The van der Waals surface area contributed by atoms with Crippen LogP contribution in [0.1, 0.15) is 28.0 Å². The van der Waals surface area contributed by atoms with E-state index in [1.54, 1.807) is 25.4 Å². The first-order valence-electron chi connectivity index (χ1n) is 9.31. The number of hydrogen-bond donors (Lipinski definition) is 1. The predicted octanol–water partition coefficient (Wildman–Crippen LogP) is 2.11. The molecule has 144 valence electrons. The average Bonchev–Trinajstić information content (AvgIpc) is 2.70. The quantitative estimate of drug-likeness (QED) is 0.845. The van der Waals surface area contributed by atoms with Crippen LogP contribution in [-0.2, 0) is 6.54 Å². The lowest BCUT2D eigenvalue weighted by molar-refractivity contribution is 0.0391. The Morgan fingerprint density at radius 1 is 1.30 bits per heavy atom. The summed E-state index contributed by atoms with van der Waals surface area (Å²) in [6.07, 6.45) is 2.28. The van der Waals surface area contributed by atoms with Crippen LogP contribution in [0.2, 0.25) is 0 Å². The Morgan fingerprint density at radius 2 is 2.15 bits per heavy atom. The van der Waals surface area contributed by atoms with Gasteiger partial charge < -0.3 is 14.7 Å². The second-order valence-electron chi connectivity index (χ2n) is 6.91. The normalized spacial score (nSPS) is 17.7. The molecule has 0 spiro atoms. The molecule has 1 aromatic heterocycles. The van der Waals surface area contributed by atoms with Gasteiger partial charge in [0, 0.05) is 45.0 Å². The van der Waals surface area contributed by atoms with E-state index in [2.05, 4.69) is 22.0 Å². The lowest BCUT2D eigenvalue weighted by Gasteiger charge is -2.41. The van der Waals surface area contributed by atoms with Gasteiger partial charge in [-0.3, -0.25) is 14.7 Å². The summed E-state index contributed by atoms with van der Waals surface area (Å²) in [6, 6.07) is 11.7. The number of benzene rings is 1. The molecule has 0 saturated carbocycles. The second kappa shape index (κ2) is 8.97. The first-order chi connectivity index (χ1) is 13.1. The minimum atomic E-state index is -0.0431. The van der Waals surface area contributed by atoms with Gasteiger partial charge in [-0.15, -0.1) is 0 Å². The fourth-order valence-electron chi connectivity index (χ4n) is 3.63. The Labute approximate surface area is 160 Å². The number of aromatic nitrogens is 1. The van der Waals surface area contributed by atoms with Gasteiger partial charge >= 0.3 is 0 Å². The number of methoxy groups -OCH3 is 1. The number of piperazine rings is 1. The van der Waals surface area contributed by atoms with Gasteiger partial charge in [0.1, 0.15) is 11.4 Å². The van der Waals surface area contributed by atoms with E-state index in [-0.39, 0.29) is 18.6 Å². The number of carbonyl (C=O) groups is 1. The van der Waals surface area contributed by atoms with Crippen molar-refractivity contribution in [2.45, 2.75) is 25.9 Å². The average molecular weight is 369 g/mol. The smallest absolute Gasteiger partial charge is 0.272 e. The van der Waals surface area contributed by atoms with Crippen LogP contribution in [0, 0.1) is 6.92 Å². The Balaban J connectivity index is 1.69. The van der Waals surface area contributed by atoms with Crippen molar-refractivity contribution in [3.05, 3.63) is 59.4 Å². The van der Waals surface area contributed by atoms with Gasteiger partial charge in [-0.05, 0) is 42.7 Å². The van der Waals surface area contributed by atoms with Crippen LogP contribution in [-0.4, -0.2) is 65.2 Å². The summed E-state index contributed by atoms with van der Waals surface area (Å²) < 4.78 is 5.34. The Kier molecular flexibility index (Phi) is 6.42. The maximum absolute atomic E-state index is 12.7. The number of hydrogen-bond acceptors (Lipinski definition) is 5. The maximum Gasteiger partial charge on any atom is 0.272 e. The third-order valence-electron chi connectivity index (χ3n) is 5.08. The number of carbonyl (C=O) groups excluding carboxylic acids is 1. The Hall–Kier alpha value is -2.44. The number of amides is 1. The summed E-state index contributed by atoms with van der Waals surface area (Å²) in [7, 11) is 1.68. The molecule has 1 amide bonds. The molecular weight excluding hydrogens is 342 g/mol. The van der Waals surface area contributed by atoms with Crippen LogP contribution in [0.15, 0.2) is 42.6 Å². The molecule has 1 atom stereocenters. The zero-order valence-electron chi connectivity index (χ0n) is 16.0. The second-order valence-corrected chi connectivity index (χ2v) is 6.91. The molecule has 0 aliphatic carbocycles. The first kappa shape index (κ1) is 19.3. The van der Waals surface area contributed by atoms with E-state index < -0.39 is 0 Å². The standard InChI is InChI=1S/C21H27N3O3/c1-16-13-17(6-7-20(16)27-2)14-23-10-11-24(15-18(23)8-12-25)21(26)19-5-3-4-9-22-19/h3-7,9,13,18,25H,8,10-12,14-15H2,1-2H3/t18-/m0/s1. The fourth-order valence-corrected chi connectivity index (χ4v) is 3.63. The molecule has 1 aliphatic rings.